The molecule has 30 heavy (non-hydrogen) atoms. The fourth-order valence-electron chi connectivity index (χ4n) is 3.81. The minimum Gasteiger partial charge on any atom is -0.496 e. The number of ether oxygens (including phenoxy) is 3. The van der Waals surface area contributed by atoms with E-state index in [0.717, 1.165) is 0 Å². The first-order valence-electron chi connectivity index (χ1n) is 9.97. The summed E-state index contributed by atoms with van der Waals surface area (Å²) in [4.78, 5) is 30.3. The van der Waals surface area contributed by atoms with Crippen molar-refractivity contribution in [3.8, 4) is 11.5 Å². The summed E-state index contributed by atoms with van der Waals surface area (Å²) in [6.07, 6.45) is 0. The summed E-state index contributed by atoms with van der Waals surface area (Å²) in [5, 5.41) is 0. The van der Waals surface area contributed by atoms with Gasteiger partial charge in [-0.05, 0) is 25.1 Å². The molecular formula is C23H24N2O5. The van der Waals surface area contributed by atoms with Gasteiger partial charge in [0.05, 0.1) is 38.2 Å². The summed E-state index contributed by atoms with van der Waals surface area (Å²) in [5.41, 5.74) is 1.81. The van der Waals surface area contributed by atoms with Gasteiger partial charge in [-0.3, -0.25) is 9.59 Å². The van der Waals surface area contributed by atoms with Crippen LogP contribution in [0.5, 0.6) is 11.5 Å². The SMILES string of the molecule is CCOc1cccc(N2C(=O)C(c3ccccc3OC)=C(N3CCOCC3)C2=O)c1. The average molecular weight is 408 g/mol. The zero-order valence-electron chi connectivity index (χ0n) is 17.1. The van der Waals surface area contributed by atoms with Crippen molar-refractivity contribution in [1.29, 1.82) is 0 Å². The molecule has 4 rings (SSSR count). The molecule has 0 atom stereocenters. The van der Waals surface area contributed by atoms with Crippen LogP contribution in [0.2, 0.25) is 0 Å². The van der Waals surface area contributed by atoms with E-state index < -0.39 is 0 Å². The maximum atomic E-state index is 13.6. The molecule has 1 saturated heterocycles. The van der Waals surface area contributed by atoms with E-state index in [4.69, 9.17) is 14.2 Å². The molecule has 0 aliphatic carbocycles. The first-order chi connectivity index (χ1) is 14.7. The van der Waals surface area contributed by atoms with Crippen LogP contribution in [0.4, 0.5) is 5.69 Å². The number of nitrogens with zero attached hydrogens (tertiary/aromatic N) is 2. The third-order valence-electron chi connectivity index (χ3n) is 5.15. The average Bonchev–Trinajstić information content (AvgIpc) is 3.04. The summed E-state index contributed by atoms with van der Waals surface area (Å²) in [5.74, 6) is 0.426. The van der Waals surface area contributed by atoms with Gasteiger partial charge in [-0.1, -0.05) is 24.3 Å². The van der Waals surface area contributed by atoms with Gasteiger partial charge < -0.3 is 19.1 Å². The maximum Gasteiger partial charge on any atom is 0.282 e. The molecule has 2 aromatic rings. The minimum absolute atomic E-state index is 0.348. The molecule has 0 unspecified atom stereocenters. The zero-order valence-corrected chi connectivity index (χ0v) is 17.1. The molecule has 0 N–H and O–H groups in total. The van der Waals surface area contributed by atoms with E-state index >= 15 is 0 Å². The molecule has 0 aromatic heterocycles. The molecule has 0 bridgehead atoms. The normalized spacial score (nSPS) is 17.0. The van der Waals surface area contributed by atoms with Gasteiger partial charge in [0, 0.05) is 24.7 Å². The lowest BCUT2D eigenvalue weighted by Crippen LogP contribution is -2.40. The topological polar surface area (TPSA) is 68.3 Å². The van der Waals surface area contributed by atoms with Gasteiger partial charge in [0.2, 0.25) is 0 Å². The van der Waals surface area contributed by atoms with Crippen LogP contribution in [-0.4, -0.2) is 56.7 Å². The van der Waals surface area contributed by atoms with Crippen LogP contribution in [0.25, 0.3) is 5.57 Å². The van der Waals surface area contributed by atoms with Crippen LogP contribution in [0.15, 0.2) is 54.2 Å². The third kappa shape index (κ3) is 3.52. The number of morpholine rings is 1. The summed E-state index contributed by atoms with van der Waals surface area (Å²) >= 11 is 0. The lowest BCUT2D eigenvalue weighted by Gasteiger charge is -2.29. The maximum absolute atomic E-state index is 13.6. The highest BCUT2D eigenvalue weighted by atomic mass is 16.5. The number of rotatable bonds is 6. The van der Waals surface area contributed by atoms with Gasteiger partial charge in [0.25, 0.3) is 11.8 Å². The highest BCUT2D eigenvalue weighted by Gasteiger charge is 2.43. The Morgan fingerprint density at radius 2 is 1.77 bits per heavy atom. The molecule has 156 valence electrons. The van der Waals surface area contributed by atoms with E-state index in [1.165, 1.54) is 4.90 Å². The standard InChI is InChI=1S/C23H24N2O5/c1-3-30-17-8-6-7-16(15-17)25-22(26)20(18-9-4-5-10-19(18)28-2)21(23(25)27)24-11-13-29-14-12-24/h4-10,15H,3,11-14H2,1-2H3. The Kier molecular flexibility index (Phi) is 5.72. The Morgan fingerprint density at radius 3 is 2.50 bits per heavy atom. The van der Waals surface area contributed by atoms with Crippen LogP contribution in [0.3, 0.4) is 0 Å². The van der Waals surface area contributed by atoms with Crippen LogP contribution < -0.4 is 14.4 Å². The summed E-state index contributed by atoms with van der Waals surface area (Å²) in [7, 11) is 1.55. The van der Waals surface area contributed by atoms with Crippen molar-refractivity contribution >= 4 is 23.1 Å². The van der Waals surface area contributed by atoms with E-state index in [-0.39, 0.29) is 11.8 Å². The van der Waals surface area contributed by atoms with E-state index in [2.05, 4.69) is 0 Å². The molecule has 7 nitrogen and oxygen atoms in total. The van der Waals surface area contributed by atoms with Crippen LogP contribution in [0, 0.1) is 0 Å². The molecule has 2 amide bonds. The number of anilines is 1. The van der Waals surface area contributed by atoms with E-state index in [1.807, 2.05) is 24.0 Å². The summed E-state index contributed by atoms with van der Waals surface area (Å²) in [6.45, 7) is 4.47. The van der Waals surface area contributed by atoms with Gasteiger partial charge in [0.15, 0.2) is 0 Å². The minimum atomic E-state index is -0.375. The summed E-state index contributed by atoms with van der Waals surface area (Å²) < 4.78 is 16.5. The quantitative estimate of drug-likeness (QED) is 0.685. The molecule has 2 aromatic carbocycles. The lowest BCUT2D eigenvalue weighted by molar-refractivity contribution is -0.121. The van der Waals surface area contributed by atoms with Gasteiger partial charge in [-0.2, -0.15) is 0 Å². The molecule has 0 saturated carbocycles. The Labute approximate surface area is 175 Å². The van der Waals surface area contributed by atoms with Crippen LogP contribution >= 0.6 is 0 Å². The predicted octanol–water partition coefficient (Wildman–Crippen LogP) is 2.71. The van der Waals surface area contributed by atoms with Crippen molar-refractivity contribution in [2.75, 3.05) is 44.9 Å². The van der Waals surface area contributed by atoms with E-state index in [0.29, 0.717) is 66.9 Å². The fourth-order valence-corrected chi connectivity index (χ4v) is 3.81. The third-order valence-corrected chi connectivity index (χ3v) is 5.15. The van der Waals surface area contributed by atoms with Crippen molar-refractivity contribution in [3.63, 3.8) is 0 Å². The molecule has 0 spiro atoms. The number of hydrogen-bond acceptors (Lipinski definition) is 6. The van der Waals surface area contributed by atoms with Gasteiger partial charge >= 0.3 is 0 Å². The second kappa shape index (κ2) is 8.59. The number of methoxy groups -OCH3 is 1. The number of imide groups is 1. The Bertz CT molecular complexity index is 995. The number of benzene rings is 2. The Morgan fingerprint density at radius 1 is 1.00 bits per heavy atom. The molecule has 2 aliphatic rings. The zero-order chi connectivity index (χ0) is 21.1. The van der Waals surface area contributed by atoms with Crippen molar-refractivity contribution < 1.29 is 23.8 Å². The Hall–Kier alpha value is -3.32. The number of carbonyl (C=O) groups excluding carboxylic acids is 2. The summed E-state index contributed by atoms with van der Waals surface area (Å²) in [6, 6.07) is 14.3. The fraction of sp³-hybridized carbons (Fsp3) is 0.304. The number of para-hydroxylation sites is 1. The Balaban J connectivity index is 1.83. The first kappa shape index (κ1) is 20.0. The van der Waals surface area contributed by atoms with Crippen LogP contribution in [-0.2, 0) is 14.3 Å². The van der Waals surface area contributed by atoms with Gasteiger partial charge in [-0.15, -0.1) is 0 Å². The van der Waals surface area contributed by atoms with E-state index in [9.17, 15) is 9.59 Å². The smallest absolute Gasteiger partial charge is 0.282 e. The van der Waals surface area contributed by atoms with Gasteiger partial charge in [-0.25, -0.2) is 4.90 Å². The first-order valence-corrected chi connectivity index (χ1v) is 9.97. The number of amides is 2. The second-order valence-corrected chi connectivity index (χ2v) is 6.90. The molecule has 0 radical (unpaired) electrons. The van der Waals surface area contributed by atoms with Crippen molar-refractivity contribution in [2.24, 2.45) is 0 Å². The van der Waals surface area contributed by atoms with Gasteiger partial charge in [0.1, 0.15) is 17.2 Å². The monoisotopic (exact) mass is 408 g/mol. The predicted molar refractivity (Wildman–Crippen MR) is 112 cm³/mol. The highest BCUT2D eigenvalue weighted by molar-refractivity contribution is 6.45. The molecular weight excluding hydrogens is 384 g/mol. The van der Waals surface area contributed by atoms with E-state index in [1.54, 1.807) is 43.5 Å². The highest BCUT2D eigenvalue weighted by Crippen LogP contribution is 2.39. The van der Waals surface area contributed by atoms with Crippen molar-refractivity contribution in [3.05, 3.63) is 59.8 Å². The molecule has 2 heterocycles. The van der Waals surface area contributed by atoms with Crippen LogP contribution in [0.1, 0.15) is 12.5 Å². The molecule has 7 heteroatoms. The van der Waals surface area contributed by atoms with Crippen molar-refractivity contribution in [1.82, 2.24) is 4.90 Å². The molecule has 1 fully saturated rings. The van der Waals surface area contributed by atoms with Crippen molar-refractivity contribution in [2.45, 2.75) is 6.92 Å². The second-order valence-electron chi connectivity index (χ2n) is 6.90. The number of carbonyl (C=O) groups is 2. The molecule has 2 aliphatic heterocycles. The lowest BCUT2D eigenvalue weighted by atomic mass is 10.0. The largest absolute Gasteiger partial charge is 0.496 e. The number of hydrogen-bond donors (Lipinski definition) is 0.